The van der Waals surface area contributed by atoms with Gasteiger partial charge in [0.25, 0.3) is 0 Å². The number of hydrogen-bond acceptors (Lipinski definition) is 4. The van der Waals surface area contributed by atoms with Crippen LogP contribution in [0, 0.1) is 6.92 Å². The van der Waals surface area contributed by atoms with Crippen LogP contribution < -0.4 is 5.32 Å². The molecule has 6 nitrogen and oxygen atoms in total. The number of nitrogens with one attached hydrogen (secondary N) is 2. The monoisotopic (exact) mass is 453 g/mol. The van der Waals surface area contributed by atoms with Crippen LogP contribution in [0.3, 0.4) is 0 Å². The van der Waals surface area contributed by atoms with Crippen molar-refractivity contribution in [3.8, 4) is 0 Å². The molecule has 0 aliphatic carbocycles. The van der Waals surface area contributed by atoms with E-state index in [0.29, 0.717) is 18.9 Å². The number of carbonyl (C=O) groups excluding carboxylic acids is 1. The smallest absolute Gasteiger partial charge is 0.224 e. The average molecular weight is 454 g/mol. The number of benzene rings is 3. The summed E-state index contributed by atoms with van der Waals surface area (Å²) in [4.78, 5) is 12.4. The Bertz CT molecular complexity index is 1160. The lowest BCUT2D eigenvalue weighted by Gasteiger charge is -2.17. The molecular weight excluding hydrogens is 422 g/mol. The second-order valence-corrected chi connectivity index (χ2v) is 8.70. The van der Waals surface area contributed by atoms with Gasteiger partial charge in [-0.05, 0) is 59.9 Å². The zero-order valence-corrected chi connectivity index (χ0v) is 19.6. The largest absolute Gasteiger partial charge is 0.355 e. The van der Waals surface area contributed by atoms with Crippen LogP contribution in [0.1, 0.15) is 46.0 Å². The predicted molar refractivity (Wildman–Crippen MR) is 133 cm³/mol. The molecule has 6 heteroatoms. The van der Waals surface area contributed by atoms with Crippen LogP contribution in [0.5, 0.6) is 0 Å². The minimum Gasteiger partial charge on any atom is -0.355 e. The molecule has 1 atom stereocenters. The van der Waals surface area contributed by atoms with Gasteiger partial charge in [0.15, 0.2) is 5.82 Å². The zero-order valence-electron chi connectivity index (χ0n) is 19.6. The van der Waals surface area contributed by atoms with Crippen LogP contribution in [0.25, 0.3) is 0 Å². The number of carbonyl (C=O) groups is 1. The van der Waals surface area contributed by atoms with Gasteiger partial charge >= 0.3 is 0 Å². The lowest BCUT2D eigenvalue weighted by molar-refractivity contribution is -0.120. The van der Waals surface area contributed by atoms with Crippen LogP contribution in [0.2, 0.25) is 0 Å². The lowest BCUT2D eigenvalue weighted by atomic mass is 9.88. The number of amides is 1. The number of rotatable bonds is 11. The third-order valence-electron chi connectivity index (χ3n) is 6.22. The second kappa shape index (κ2) is 11.9. The van der Waals surface area contributed by atoms with Crippen molar-refractivity contribution in [3.63, 3.8) is 0 Å². The highest BCUT2D eigenvalue weighted by atomic mass is 16.1. The SMILES string of the molecule is Cc1ccccc1CCNC(=O)Cc1ccc(CC(CCc2nn[nH]n2)c2ccccc2)cc1. The van der Waals surface area contributed by atoms with Crippen molar-refractivity contribution in [2.75, 3.05) is 6.54 Å². The molecule has 0 bridgehead atoms. The molecule has 4 aromatic rings. The van der Waals surface area contributed by atoms with E-state index in [9.17, 15) is 4.79 Å². The summed E-state index contributed by atoms with van der Waals surface area (Å²) in [5, 5.41) is 17.4. The third kappa shape index (κ3) is 6.85. The Morgan fingerprint density at radius 3 is 2.38 bits per heavy atom. The van der Waals surface area contributed by atoms with Crippen molar-refractivity contribution in [2.24, 2.45) is 0 Å². The van der Waals surface area contributed by atoms with E-state index in [2.05, 4.69) is 93.5 Å². The molecule has 1 aromatic heterocycles. The first-order valence-electron chi connectivity index (χ1n) is 11.8. The molecule has 0 radical (unpaired) electrons. The van der Waals surface area contributed by atoms with Crippen molar-refractivity contribution in [3.05, 3.63) is 113 Å². The molecule has 0 aliphatic heterocycles. The molecule has 1 unspecified atom stereocenters. The van der Waals surface area contributed by atoms with E-state index in [-0.39, 0.29) is 5.91 Å². The summed E-state index contributed by atoms with van der Waals surface area (Å²) in [5.41, 5.74) is 6.13. The van der Waals surface area contributed by atoms with E-state index in [1.807, 2.05) is 18.2 Å². The highest BCUT2D eigenvalue weighted by Crippen LogP contribution is 2.26. The van der Waals surface area contributed by atoms with Crippen LogP contribution in [-0.4, -0.2) is 33.1 Å². The van der Waals surface area contributed by atoms with Gasteiger partial charge in [0.05, 0.1) is 6.42 Å². The van der Waals surface area contributed by atoms with Gasteiger partial charge in [0, 0.05) is 13.0 Å². The number of aromatic nitrogens is 4. The van der Waals surface area contributed by atoms with Crippen molar-refractivity contribution in [2.45, 2.75) is 44.9 Å². The second-order valence-electron chi connectivity index (χ2n) is 8.70. The van der Waals surface area contributed by atoms with Crippen LogP contribution in [0.4, 0.5) is 0 Å². The molecule has 1 heterocycles. The normalized spacial score (nSPS) is 11.8. The molecule has 0 aliphatic rings. The highest BCUT2D eigenvalue weighted by molar-refractivity contribution is 5.78. The van der Waals surface area contributed by atoms with Crippen molar-refractivity contribution in [1.29, 1.82) is 0 Å². The van der Waals surface area contributed by atoms with Gasteiger partial charge in [0.2, 0.25) is 5.91 Å². The molecule has 0 spiro atoms. The fourth-order valence-corrected chi connectivity index (χ4v) is 4.26. The fraction of sp³-hybridized carbons (Fsp3) is 0.286. The summed E-state index contributed by atoms with van der Waals surface area (Å²) < 4.78 is 0. The summed E-state index contributed by atoms with van der Waals surface area (Å²) in [6, 6.07) is 27.3. The molecule has 174 valence electrons. The predicted octanol–water partition coefficient (Wildman–Crippen LogP) is 4.37. The van der Waals surface area contributed by atoms with Gasteiger partial charge in [0.1, 0.15) is 0 Å². The maximum absolute atomic E-state index is 12.4. The minimum atomic E-state index is 0.0589. The fourth-order valence-electron chi connectivity index (χ4n) is 4.26. The van der Waals surface area contributed by atoms with Gasteiger partial charge in [-0.2, -0.15) is 5.21 Å². The van der Waals surface area contributed by atoms with E-state index >= 15 is 0 Å². The highest BCUT2D eigenvalue weighted by Gasteiger charge is 2.14. The molecule has 3 aromatic carbocycles. The number of tetrazole rings is 1. The van der Waals surface area contributed by atoms with E-state index in [1.165, 1.54) is 22.3 Å². The molecule has 4 rings (SSSR count). The molecule has 34 heavy (non-hydrogen) atoms. The Labute approximate surface area is 200 Å². The lowest BCUT2D eigenvalue weighted by Crippen LogP contribution is -2.27. The minimum absolute atomic E-state index is 0.0589. The summed E-state index contributed by atoms with van der Waals surface area (Å²) in [5.74, 6) is 1.16. The van der Waals surface area contributed by atoms with E-state index in [4.69, 9.17) is 0 Å². The first kappa shape index (κ1) is 23.4. The molecular formula is C28H31N5O. The number of aromatic amines is 1. The maximum Gasteiger partial charge on any atom is 0.224 e. The summed E-state index contributed by atoms with van der Waals surface area (Å²) in [6.45, 7) is 2.76. The average Bonchev–Trinajstić information content (AvgIpc) is 3.38. The number of hydrogen-bond donors (Lipinski definition) is 2. The Morgan fingerprint density at radius 2 is 1.65 bits per heavy atom. The Balaban J connectivity index is 1.30. The third-order valence-corrected chi connectivity index (χ3v) is 6.22. The van der Waals surface area contributed by atoms with Crippen molar-refractivity contribution in [1.82, 2.24) is 25.9 Å². The molecule has 0 saturated carbocycles. The molecule has 1 amide bonds. The van der Waals surface area contributed by atoms with E-state index in [1.54, 1.807) is 0 Å². The van der Waals surface area contributed by atoms with E-state index in [0.717, 1.165) is 37.1 Å². The van der Waals surface area contributed by atoms with Crippen LogP contribution in [0.15, 0.2) is 78.9 Å². The number of H-pyrrole nitrogens is 1. The standard InChI is InChI=1S/C28H31N5O/c1-21-7-5-6-8-24(21)17-18-29-28(34)20-23-13-11-22(12-14-23)19-26(25-9-3-2-4-10-25)15-16-27-30-32-33-31-27/h2-14,26H,15-20H2,1H3,(H,29,34)(H,30,31,32,33). The quantitative estimate of drug-likeness (QED) is 0.353. The van der Waals surface area contributed by atoms with Crippen molar-refractivity contribution < 1.29 is 4.79 Å². The summed E-state index contributed by atoms with van der Waals surface area (Å²) >= 11 is 0. The molecule has 0 fully saturated rings. The topological polar surface area (TPSA) is 83.6 Å². The van der Waals surface area contributed by atoms with Crippen molar-refractivity contribution >= 4 is 5.91 Å². The summed E-state index contributed by atoms with van der Waals surface area (Å²) in [6.07, 6.45) is 3.88. The maximum atomic E-state index is 12.4. The Kier molecular flexibility index (Phi) is 8.17. The summed E-state index contributed by atoms with van der Waals surface area (Å²) in [7, 11) is 0. The zero-order chi connectivity index (χ0) is 23.6. The Hall–Kier alpha value is -3.80. The molecule has 2 N–H and O–H groups in total. The first-order valence-corrected chi connectivity index (χ1v) is 11.8. The van der Waals surface area contributed by atoms with Crippen LogP contribution in [-0.2, 0) is 30.5 Å². The van der Waals surface area contributed by atoms with Gasteiger partial charge in [-0.1, -0.05) is 84.1 Å². The number of nitrogens with zero attached hydrogens (tertiary/aromatic N) is 3. The van der Waals surface area contributed by atoms with Gasteiger partial charge < -0.3 is 5.32 Å². The molecule has 0 saturated heterocycles. The van der Waals surface area contributed by atoms with Gasteiger partial charge in [-0.3, -0.25) is 4.79 Å². The first-order chi connectivity index (χ1) is 16.7. The van der Waals surface area contributed by atoms with E-state index < -0.39 is 0 Å². The van der Waals surface area contributed by atoms with Gasteiger partial charge in [-0.25, -0.2) is 0 Å². The Morgan fingerprint density at radius 1 is 0.912 bits per heavy atom. The number of aryl methyl sites for hydroxylation is 2. The van der Waals surface area contributed by atoms with Crippen LogP contribution >= 0.6 is 0 Å². The van der Waals surface area contributed by atoms with Gasteiger partial charge in [-0.15, -0.1) is 10.2 Å².